The van der Waals surface area contributed by atoms with Crippen molar-refractivity contribution in [1.82, 2.24) is 5.32 Å². The van der Waals surface area contributed by atoms with Crippen LogP contribution in [0.3, 0.4) is 0 Å². The standard InChI is InChI=1S/C5H11NO.C2H6.CH4/c7-4-5-1-2-6-3-5;1-2;/h5-7H,1-4H2;1-2H3;1H4. The van der Waals surface area contributed by atoms with Crippen LogP contribution in [0.4, 0.5) is 0 Å². The Hall–Kier alpha value is -0.0800. The second-order valence-corrected chi connectivity index (χ2v) is 2.04. The molecule has 0 saturated carbocycles. The zero-order chi connectivity index (χ0) is 7.11. The molecule has 10 heavy (non-hydrogen) atoms. The van der Waals surface area contributed by atoms with Crippen molar-refractivity contribution in [3.8, 4) is 0 Å². The molecule has 2 nitrogen and oxygen atoms in total. The van der Waals surface area contributed by atoms with Crippen LogP contribution in [0.15, 0.2) is 0 Å². The summed E-state index contributed by atoms with van der Waals surface area (Å²) in [5.74, 6) is 0.542. The van der Waals surface area contributed by atoms with E-state index in [0.29, 0.717) is 12.5 Å². The summed E-state index contributed by atoms with van der Waals surface area (Å²) in [6, 6.07) is 0. The van der Waals surface area contributed by atoms with E-state index in [1.165, 1.54) is 0 Å². The fourth-order valence-corrected chi connectivity index (χ4v) is 0.870. The van der Waals surface area contributed by atoms with Crippen LogP contribution in [0.5, 0.6) is 0 Å². The summed E-state index contributed by atoms with van der Waals surface area (Å²) in [6.45, 7) is 6.45. The lowest BCUT2D eigenvalue weighted by Crippen LogP contribution is -2.11. The smallest absolute Gasteiger partial charge is 0.0471 e. The fraction of sp³-hybridized carbons (Fsp3) is 1.00. The van der Waals surface area contributed by atoms with Crippen LogP contribution in [0.2, 0.25) is 0 Å². The largest absolute Gasteiger partial charge is 0.396 e. The number of hydrogen-bond acceptors (Lipinski definition) is 2. The maximum atomic E-state index is 8.53. The third-order valence-electron chi connectivity index (χ3n) is 1.42. The van der Waals surface area contributed by atoms with Crippen LogP contribution in [0, 0.1) is 5.92 Å². The molecule has 2 heteroatoms. The van der Waals surface area contributed by atoms with Gasteiger partial charge in [-0.05, 0) is 18.9 Å². The molecular formula is C8H21NO. The van der Waals surface area contributed by atoms with E-state index in [4.69, 9.17) is 5.11 Å². The highest BCUT2D eigenvalue weighted by molar-refractivity contribution is 4.68. The minimum atomic E-state index is 0. The Bertz CT molecular complexity index is 51.2. The van der Waals surface area contributed by atoms with Gasteiger partial charge in [0.2, 0.25) is 0 Å². The van der Waals surface area contributed by atoms with Crippen LogP contribution < -0.4 is 5.32 Å². The second kappa shape index (κ2) is 8.92. The monoisotopic (exact) mass is 147 g/mol. The van der Waals surface area contributed by atoms with Crippen LogP contribution >= 0.6 is 0 Å². The maximum absolute atomic E-state index is 8.53. The van der Waals surface area contributed by atoms with Gasteiger partial charge in [0, 0.05) is 13.2 Å². The first-order chi connectivity index (χ1) is 4.43. The van der Waals surface area contributed by atoms with E-state index < -0.39 is 0 Å². The summed E-state index contributed by atoms with van der Waals surface area (Å²) < 4.78 is 0. The highest BCUT2D eigenvalue weighted by Gasteiger charge is 2.11. The molecule has 0 aromatic rings. The van der Waals surface area contributed by atoms with Gasteiger partial charge in [-0.25, -0.2) is 0 Å². The van der Waals surface area contributed by atoms with Gasteiger partial charge < -0.3 is 10.4 Å². The molecule has 2 N–H and O–H groups in total. The predicted octanol–water partition coefficient (Wildman–Crippen LogP) is 1.25. The third kappa shape index (κ3) is 4.77. The SMILES string of the molecule is C.CC.OCC1CCNC1. The molecule has 0 amide bonds. The summed E-state index contributed by atoms with van der Waals surface area (Å²) in [5, 5.41) is 11.7. The van der Waals surface area contributed by atoms with E-state index in [9.17, 15) is 0 Å². The molecule has 1 aliphatic rings. The first-order valence-corrected chi connectivity index (χ1v) is 3.75. The van der Waals surface area contributed by atoms with E-state index in [2.05, 4.69) is 5.32 Å². The van der Waals surface area contributed by atoms with Gasteiger partial charge in [0.15, 0.2) is 0 Å². The normalized spacial score (nSPS) is 22.5. The molecule has 0 aliphatic carbocycles. The number of aliphatic hydroxyl groups is 1. The molecule has 1 atom stereocenters. The van der Waals surface area contributed by atoms with Crippen LogP contribution in [0.1, 0.15) is 27.7 Å². The highest BCUT2D eigenvalue weighted by atomic mass is 16.3. The van der Waals surface area contributed by atoms with Crippen molar-refractivity contribution in [3.63, 3.8) is 0 Å². The molecule has 1 fully saturated rings. The van der Waals surface area contributed by atoms with Crippen LogP contribution in [-0.4, -0.2) is 24.8 Å². The average Bonchev–Trinajstić information content (AvgIpc) is 2.43. The van der Waals surface area contributed by atoms with Gasteiger partial charge in [-0.2, -0.15) is 0 Å². The van der Waals surface area contributed by atoms with Gasteiger partial charge in [0.1, 0.15) is 0 Å². The van der Waals surface area contributed by atoms with Crippen molar-refractivity contribution >= 4 is 0 Å². The summed E-state index contributed by atoms with van der Waals surface area (Å²) >= 11 is 0. The van der Waals surface area contributed by atoms with E-state index in [-0.39, 0.29) is 7.43 Å². The van der Waals surface area contributed by atoms with Crippen molar-refractivity contribution in [1.29, 1.82) is 0 Å². The molecule has 1 aliphatic heterocycles. The summed E-state index contributed by atoms with van der Waals surface area (Å²) in [4.78, 5) is 0. The van der Waals surface area contributed by atoms with Gasteiger partial charge in [0.25, 0.3) is 0 Å². The van der Waals surface area contributed by atoms with Gasteiger partial charge >= 0.3 is 0 Å². The van der Waals surface area contributed by atoms with Crippen LogP contribution in [0.25, 0.3) is 0 Å². The van der Waals surface area contributed by atoms with E-state index >= 15 is 0 Å². The molecule has 0 radical (unpaired) electrons. The quantitative estimate of drug-likeness (QED) is 0.585. The zero-order valence-electron chi connectivity index (χ0n) is 6.35. The lowest BCUT2D eigenvalue weighted by atomic mass is 10.1. The minimum absolute atomic E-state index is 0. The lowest BCUT2D eigenvalue weighted by Gasteiger charge is -1.98. The molecule has 0 spiro atoms. The number of rotatable bonds is 1. The van der Waals surface area contributed by atoms with Crippen molar-refractivity contribution in [2.45, 2.75) is 27.7 Å². The summed E-state index contributed by atoms with van der Waals surface area (Å²) in [5.41, 5.74) is 0. The molecular weight excluding hydrogens is 126 g/mol. The molecule has 0 aromatic heterocycles. The van der Waals surface area contributed by atoms with Gasteiger partial charge in [-0.1, -0.05) is 21.3 Å². The third-order valence-corrected chi connectivity index (χ3v) is 1.42. The lowest BCUT2D eigenvalue weighted by molar-refractivity contribution is 0.237. The van der Waals surface area contributed by atoms with Crippen molar-refractivity contribution in [3.05, 3.63) is 0 Å². The van der Waals surface area contributed by atoms with Crippen molar-refractivity contribution < 1.29 is 5.11 Å². The minimum Gasteiger partial charge on any atom is -0.396 e. The summed E-state index contributed by atoms with van der Waals surface area (Å²) in [7, 11) is 0. The summed E-state index contributed by atoms with van der Waals surface area (Å²) in [6.07, 6.45) is 1.15. The van der Waals surface area contributed by atoms with E-state index in [0.717, 1.165) is 19.5 Å². The van der Waals surface area contributed by atoms with Crippen LogP contribution in [-0.2, 0) is 0 Å². The predicted molar refractivity (Wildman–Crippen MR) is 46.1 cm³/mol. The molecule has 0 bridgehead atoms. The Kier molecular flexibility index (Phi) is 11.2. The second-order valence-electron chi connectivity index (χ2n) is 2.04. The van der Waals surface area contributed by atoms with Crippen molar-refractivity contribution in [2.75, 3.05) is 19.7 Å². The maximum Gasteiger partial charge on any atom is 0.0471 e. The first kappa shape index (κ1) is 12.6. The Labute approximate surface area is 64.6 Å². The van der Waals surface area contributed by atoms with Gasteiger partial charge in [-0.15, -0.1) is 0 Å². The topological polar surface area (TPSA) is 32.3 Å². The Morgan fingerprint density at radius 2 is 2.10 bits per heavy atom. The Balaban J connectivity index is 0. The number of hydrogen-bond donors (Lipinski definition) is 2. The fourth-order valence-electron chi connectivity index (χ4n) is 0.870. The average molecular weight is 147 g/mol. The molecule has 1 heterocycles. The Morgan fingerprint density at radius 1 is 1.50 bits per heavy atom. The van der Waals surface area contributed by atoms with E-state index in [1.807, 2.05) is 13.8 Å². The molecule has 1 saturated heterocycles. The first-order valence-electron chi connectivity index (χ1n) is 3.75. The number of nitrogens with one attached hydrogen (secondary N) is 1. The highest BCUT2D eigenvalue weighted by Crippen LogP contribution is 2.03. The number of aliphatic hydroxyl groups excluding tert-OH is 1. The van der Waals surface area contributed by atoms with Gasteiger partial charge in [0.05, 0.1) is 0 Å². The molecule has 0 aromatic carbocycles. The van der Waals surface area contributed by atoms with Crippen molar-refractivity contribution in [2.24, 2.45) is 5.92 Å². The molecule has 1 unspecified atom stereocenters. The molecule has 1 rings (SSSR count). The Morgan fingerprint density at radius 3 is 2.30 bits per heavy atom. The van der Waals surface area contributed by atoms with E-state index in [1.54, 1.807) is 0 Å². The van der Waals surface area contributed by atoms with Gasteiger partial charge in [-0.3, -0.25) is 0 Å². The zero-order valence-corrected chi connectivity index (χ0v) is 6.35. The molecule has 64 valence electrons.